The van der Waals surface area contributed by atoms with Gasteiger partial charge in [-0.15, -0.1) is 0 Å². The van der Waals surface area contributed by atoms with Crippen LogP contribution in [0.15, 0.2) is 54.6 Å². The number of rotatable bonds is 7. The molecule has 182 valence electrons. The first-order valence-electron chi connectivity index (χ1n) is 10.8. The van der Waals surface area contributed by atoms with Crippen LogP contribution in [0.3, 0.4) is 0 Å². The molecule has 1 N–H and O–H groups in total. The molecule has 0 spiro atoms. The van der Waals surface area contributed by atoms with Gasteiger partial charge in [0.25, 0.3) is 0 Å². The first-order chi connectivity index (χ1) is 15.7. The van der Waals surface area contributed by atoms with Crippen LogP contribution in [0.1, 0.15) is 67.8 Å². The maximum absolute atomic E-state index is 12.5. The molecule has 0 aliphatic rings. The molecule has 1 atom stereocenters. The highest BCUT2D eigenvalue weighted by atomic mass is 16.6. The quantitative estimate of drug-likeness (QED) is 0.366. The molecular formula is C26H31NO7. The summed E-state index contributed by atoms with van der Waals surface area (Å²) < 4.78 is 15.7. The van der Waals surface area contributed by atoms with Crippen LogP contribution >= 0.6 is 0 Å². The Balaban J connectivity index is 2.06. The minimum Gasteiger partial charge on any atom is -0.459 e. The molecule has 34 heavy (non-hydrogen) atoms. The average Bonchev–Trinajstić information content (AvgIpc) is 2.74. The van der Waals surface area contributed by atoms with Gasteiger partial charge in [-0.25, -0.2) is 14.4 Å². The van der Waals surface area contributed by atoms with Crippen molar-refractivity contribution >= 4 is 23.8 Å². The van der Waals surface area contributed by atoms with Crippen LogP contribution in [0.5, 0.6) is 0 Å². The van der Waals surface area contributed by atoms with E-state index in [1.807, 2.05) is 6.07 Å². The number of ketones is 1. The second-order valence-corrected chi connectivity index (χ2v) is 9.60. The molecule has 0 fully saturated rings. The molecule has 0 radical (unpaired) electrons. The summed E-state index contributed by atoms with van der Waals surface area (Å²) in [5.74, 6) is -1.67. The molecule has 0 saturated heterocycles. The van der Waals surface area contributed by atoms with Crippen LogP contribution in [0.2, 0.25) is 0 Å². The lowest BCUT2D eigenvalue weighted by Crippen LogP contribution is -2.48. The fraction of sp³-hybridized carbons (Fsp3) is 0.385. The number of carbonyl (C=O) groups excluding carboxylic acids is 4. The van der Waals surface area contributed by atoms with E-state index in [0.717, 1.165) is 0 Å². The van der Waals surface area contributed by atoms with Crippen LogP contribution in [-0.4, -0.2) is 47.7 Å². The van der Waals surface area contributed by atoms with Crippen molar-refractivity contribution in [3.8, 4) is 0 Å². The monoisotopic (exact) mass is 469 g/mol. The zero-order valence-corrected chi connectivity index (χ0v) is 20.3. The summed E-state index contributed by atoms with van der Waals surface area (Å²) in [6.45, 7) is 9.63. The number of hydrogen-bond donors (Lipinski definition) is 1. The van der Waals surface area contributed by atoms with E-state index in [-0.39, 0.29) is 11.3 Å². The Kier molecular flexibility index (Phi) is 8.57. The van der Waals surface area contributed by atoms with E-state index in [0.29, 0.717) is 11.1 Å². The van der Waals surface area contributed by atoms with Gasteiger partial charge < -0.3 is 19.5 Å². The van der Waals surface area contributed by atoms with Gasteiger partial charge in [-0.2, -0.15) is 0 Å². The minimum absolute atomic E-state index is 0.174. The predicted molar refractivity (Wildman–Crippen MR) is 126 cm³/mol. The van der Waals surface area contributed by atoms with Crippen LogP contribution in [0, 0.1) is 0 Å². The zero-order valence-electron chi connectivity index (χ0n) is 20.3. The highest BCUT2D eigenvalue weighted by Crippen LogP contribution is 2.14. The first kappa shape index (κ1) is 26.6. The molecule has 0 bridgehead atoms. The number of esters is 2. The molecule has 2 rings (SSSR count). The number of carbonyl (C=O) groups is 4. The lowest BCUT2D eigenvalue weighted by Gasteiger charge is -2.26. The van der Waals surface area contributed by atoms with Crippen molar-refractivity contribution in [2.45, 2.75) is 58.8 Å². The predicted octanol–water partition coefficient (Wildman–Crippen LogP) is 4.31. The number of amides is 1. The normalized spacial score (nSPS) is 12.3. The van der Waals surface area contributed by atoms with Gasteiger partial charge in [0.15, 0.2) is 11.8 Å². The Morgan fingerprint density at radius 1 is 0.735 bits per heavy atom. The van der Waals surface area contributed by atoms with E-state index in [1.165, 1.54) is 24.3 Å². The Morgan fingerprint density at radius 2 is 1.24 bits per heavy atom. The molecule has 0 aromatic heterocycles. The molecule has 0 unspecified atom stereocenters. The van der Waals surface area contributed by atoms with Crippen molar-refractivity contribution < 1.29 is 33.4 Å². The van der Waals surface area contributed by atoms with Crippen LogP contribution in [0.4, 0.5) is 4.79 Å². The molecular weight excluding hydrogens is 438 g/mol. The Bertz CT molecular complexity index is 1020. The third-order valence-corrected chi connectivity index (χ3v) is 4.18. The Hall–Kier alpha value is -3.68. The number of alkyl carbamates (subject to hydrolysis) is 1. The highest BCUT2D eigenvalue weighted by Gasteiger charge is 2.30. The molecule has 0 saturated carbocycles. The van der Waals surface area contributed by atoms with E-state index in [4.69, 9.17) is 14.2 Å². The van der Waals surface area contributed by atoms with E-state index >= 15 is 0 Å². The standard InChI is InChI=1S/C26H31NO7/c1-25(2,3)33-23(30)20(27-24(31)34-26(4,5)6)16-32-22(29)19-14-12-18(13-15-19)21(28)17-10-8-7-9-11-17/h7-15,20H,16H2,1-6H3,(H,27,31)/t20-/m0/s1. The number of hydrogen-bond acceptors (Lipinski definition) is 7. The summed E-state index contributed by atoms with van der Waals surface area (Å²) >= 11 is 0. The van der Waals surface area contributed by atoms with Gasteiger partial charge in [-0.3, -0.25) is 4.79 Å². The van der Waals surface area contributed by atoms with Crippen LogP contribution in [-0.2, 0) is 19.0 Å². The van der Waals surface area contributed by atoms with Gasteiger partial charge in [0.2, 0.25) is 0 Å². The molecule has 8 heteroatoms. The molecule has 1 amide bonds. The largest absolute Gasteiger partial charge is 0.459 e. The molecule has 0 aliphatic heterocycles. The number of nitrogens with one attached hydrogen (secondary N) is 1. The van der Waals surface area contributed by atoms with Crippen molar-refractivity contribution in [1.29, 1.82) is 0 Å². The molecule has 2 aromatic carbocycles. The van der Waals surface area contributed by atoms with Crippen molar-refractivity contribution in [2.75, 3.05) is 6.61 Å². The van der Waals surface area contributed by atoms with Gasteiger partial charge in [0.05, 0.1) is 5.56 Å². The average molecular weight is 470 g/mol. The molecule has 0 heterocycles. The summed E-state index contributed by atoms with van der Waals surface area (Å²) in [5, 5.41) is 2.39. The molecule has 2 aromatic rings. The SMILES string of the molecule is CC(C)(C)OC(=O)N[C@@H](COC(=O)c1ccc(C(=O)c2ccccc2)cc1)C(=O)OC(C)(C)C. The minimum atomic E-state index is -1.27. The number of benzene rings is 2. The van der Waals surface area contributed by atoms with Crippen molar-refractivity contribution in [2.24, 2.45) is 0 Å². The lowest BCUT2D eigenvalue weighted by molar-refractivity contribution is -0.158. The van der Waals surface area contributed by atoms with E-state index in [2.05, 4.69) is 5.32 Å². The highest BCUT2D eigenvalue weighted by molar-refractivity contribution is 6.09. The lowest BCUT2D eigenvalue weighted by atomic mass is 10.0. The zero-order chi connectivity index (χ0) is 25.5. The van der Waals surface area contributed by atoms with Crippen molar-refractivity contribution in [3.63, 3.8) is 0 Å². The van der Waals surface area contributed by atoms with Crippen LogP contribution < -0.4 is 5.32 Å². The van der Waals surface area contributed by atoms with Crippen molar-refractivity contribution in [1.82, 2.24) is 5.32 Å². The number of ether oxygens (including phenoxy) is 3. The van der Waals surface area contributed by atoms with E-state index in [1.54, 1.807) is 65.8 Å². The summed E-state index contributed by atoms with van der Waals surface area (Å²) in [6, 6.07) is 13.5. The van der Waals surface area contributed by atoms with Gasteiger partial charge in [0.1, 0.15) is 17.8 Å². The topological polar surface area (TPSA) is 108 Å². The second-order valence-electron chi connectivity index (χ2n) is 9.60. The second kappa shape index (κ2) is 11.0. The summed E-state index contributed by atoms with van der Waals surface area (Å²) in [7, 11) is 0. The summed E-state index contributed by atoms with van der Waals surface area (Å²) in [4.78, 5) is 49.7. The maximum Gasteiger partial charge on any atom is 0.408 e. The fourth-order valence-electron chi connectivity index (χ4n) is 2.75. The first-order valence-corrected chi connectivity index (χ1v) is 10.8. The van der Waals surface area contributed by atoms with Gasteiger partial charge in [-0.05, 0) is 53.7 Å². The summed E-state index contributed by atoms with van der Waals surface area (Å²) in [6.07, 6.45) is -0.844. The fourth-order valence-corrected chi connectivity index (χ4v) is 2.75. The van der Waals surface area contributed by atoms with Gasteiger partial charge in [0, 0.05) is 11.1 Å². The van der Waals surface area contributed by atoms with Gasteiger partial charge >= 0.3 is 18.0 Å². The van der Waals surface area contributed by atoms with E-state index < -0.39 is 41.9 Å². The molecule has 0 aliphatic carbocycles. The Labute approximate surface area is 199 Å². The summed E-state index contributed by atoms with van der Waals surface area (Å²) in [5.41, 5.74) is -0.453. The maximum atomic E-state index is 12.5. The Morgan fingerprint density at radius 3 is 1.76 bits per heavy atom. The van der Waals surface area contributed by atoms with E-state index in [9.17, 15) is 19.2 Å². The molecule has 8 nitrogen and oxygen atoms in total. The smallest absolute Gasteiger partial charge is 0.408 e. The van der Waals surface area contributed by atoms with Gasteiger partial charge in [-0.1, -0.05) is 42.5 Å². The van der Waals surface area contributed by atoms with Crippen molar-refractivity contribution in [3.05, 3.63) is 71.3 Å². The third-order valence-electron chi connectivity index (χ3n) is 4.18. The van der Waals surface area contributed by atoms with Crippen LogP contribution in [0.25, 0.3) is 0 Å². The third kappa shape index (κ3) is 8.69.